The molecular weight excluding hydrogens is 264 g/mol. The van der Waals surface area contributed by atoms with Crippen molar-refractivity contribution in [3.8, 4) is 0 Å². The lowest BCUT2D eigenvalue weighted by atomic mass is 10.4. The number of halogens is 1. The van der Waals surface area contributed by atoms with E-state index in [4.69, 9.17) is 11.6 Å². The van der Waals surface area contributed by atoms with Gasteiger partial charge in [0.1, 0.15) is 5.02 Å². The molecule has 0 unspecified atom stereocenters. The molecule has 0 fully saturated rings. The van der Waals surface area contributed by atoms with Crippen molar-refractivity contribution in [1.29, 1.82) is 0 Å². The molecule has 0 saturated carbocycles. The molecule has 7 heteroatoms. The van der Waals surface area contributed by atoms with Gasteiger partial charge in [0, 0.05) is 19.8 Å². The minimum Gasteiger partial charge on any atom is -0.363 e. The van der Waals surface area contributed by atoms with Crippen LogP contribution in [0, 0.1) is 0 Å². The van der Waals surface area contributed by atoms with Crippen molar-refractivity contribution in [3.63, 3.8) is 0 Å². The van der Waals surface area contributed by atoms with E-state index in [9.17, 15) is 0 Å². The highest BCUT2D eigenvalue weighted by Crippen LogP contribution is 2.19. The highest BCUT2D eigenvalue weighted by molar-refractivity contribution is 6.32. The lowest BCUT2D eigenvalue weighted by molar-refractivity contribution is 0.747. The maximum atomic E-state index is 6.06. The van der Waals surface area contributed by atoms with E-state index >= 15 is 0 Å². The van der Waals surface area contributed by atoms with E-state index in [1.807, 2.05) is 19.3 Å². The Labute approximate surface area is 117 Å². The molecule has 0 bridgehead atoms. The quantitative estimate of drug-likeness (QED) is 0.850. The molecule has 0 saturated heterocycles. The monoisotopic (exact) mass is 280 g/mol. The van der Waals surface area contributed by atoms with Gasteiger partial charge in [0.05, 0.1) is 18.4 Å². The minimum absolute atomic E-state index is 0.498. The van der Waals surface area contributed by atoms with Gasteiger partial charge in [0.25, 0.3) is 0 Å². The van der Waals surface area contributed by atoms with Crippen LogP contribution in [0.5, 0.6) is 0 Å². The summed E-state index contributed by atoms with van der Waals surface area (Å²) < 4.78 is 1.76. The van der Waals surface area contributed by atoms with Crippen molar-refractivity contribution < 1.29 is 0 Å². The average Bonchev–Trinajstić information content (AvgIpc) is 2.82. The Kier molecular flexibility index (Phi) is 4.57. The Morgan fingerprint density at radius 1 is 1.37 bits per heavy atom. The summed E-state index contributed by atoms with van der Waals surface area (Å²) in [6.07, 6.45) is 4.50. The number of aromatic nitrogens is 4. The number of nitrogens with zero attached hydrogens (tertiary/aromatic N) is 4. The molecule has 0 radical (unpaired) electrons. The third-order valence-corrected chi connectivity index (χ3v) is 2.76. The van der Waals surface area contributed by atoms with Crippen LogP contribution in [0.3, 0.4) is 0 Å². The van der Waals surface area contributed by atoms with Gasteiger partial charge in [-0.15, -0.1) is 0 Å². The summed E-state index contributed by atoms with van der Waals surface area (Å²) in [6.45, 7) is 3.50. The van der Waals surface area contributed by atoms with Gasteiger partial charge in [0.15, 0.2) is 5.82 Å². The SMILES string of the molecule is CCCNc1ncc(Cl)c(NCc2ccn(C)n2)n1. The van der Waals surface area contributed by atoms with Gasteiger partial charge >= 0.3 is 0 Å². The fourth-order valence-electron chi connectivity index (χ4n) is 1.54. The van der Waals surface area contributed by atoms with Gasteiger partial charge in [-0.1, -0.05) is 18.5 Å². The summed E-state index contributed by atoms with van der Waals surface area (Å²) in [5.74, 6) is 1.19. The first kappa shape index (κ1) is 13.6. The molecule has 0 aliphatic rings. The van der Waals surface area contributed by atoms with Crippen LogP contribution < -0.4 is 10.6 Å². The van der Waals surface area contributed by atoms with Crippen LogP contribution in [0.15, 0.2) is 18.5 Å². The third-order valence-electron chi connectivity index (χ3n) is 2.48. The van der Waals surface area contributed by atoms with Gasteiger partial charge in [-0.05, 0) is 12.5 Å². The molecule has 102 valence electrons. The first-order chi connectivity index (χ1) is 9.19. The molecule has 0 aliphatic carbocycles. The molecule has 2 aromatic rings. The zero-order chi connectivity index (χ0) is 13.7. The molecule has 2 aromatic heterocycles. The predicted molar refractivity (Wildman–Crippen MR) is 76.4 cm³/mol. The summed E-state index contributed by atoms with van der Waals surface area (Å²) >= 11 is 6.06. The van der Waals surface area contributed by atoms with Crippen molar-refractivity contribution in [2.75, 3.05) is 17.2 Å². The fraction of sp³-hybridized carbons (Fsp3) is 0.417. The summed E-state index contributed by atoms with van der Waals surface area (Å²) in [4.78, 5) is 8.45. The van der Waals surface area contributed by atoms with Crippen LogP contribution in [-0.2, 0) is 13.6 Å². The molecule has 2 heterocycles. The van der Waals surface area contributed by atoms with E-state index in [0.29, 0.717) is 23.3 Å². The number of hydrogen-bond acceptors (Lipinski definition) is 5. The van der Waals surface area contributed by atoms with Crippen LogP contribution in [0.2, 0.25) is 5.02 Å². The normalized spacial score (nSPS) is 10.5. The van der Waals surface area contributed by atoms with Crippen LogP contribution >= 0.6 is 11.6 Å². The van der Waals surface area contributed by atoms with Crippen LogP contribution in [-0.4, -0.2) is 26.3 Å². The molecule has 0 aromatic carbocycles. The van der Waals surface area contributed by atoms with Gasteiger partial charge in [0.2, 0.25) is 5.95 Å². The van der Waals surface area contributed by atoms with Crippen LogP contribution in [0.4, 0.5) is 11.8 Å². The second-order valence-corrected chi connectivity index (χ2v) is 4.56. The smallest absolute Gasteiger partial charge is 0.224 e. The average molecular weight is 281 g/mol. The molecular formula is C12H17ClN6. The van der Waals surface area contributed by atoms with Gasteiger partial charge in [-0.2, -0.15) is 10.1 Å². The minimum atomic E-state index is 0.498. The lowest BCUT2D eigenvalue weighted by Gasteiger charge is -2.08. The van der Waals surface area contributed by atoms with Gasteiger partial charge in [-0.25, -0.2) is 4.98 Å². The zero-order valence-corrected chi connectivity index (χ0v) is 11.8. The largest absolute Gasteiger partial charge is 0.363 e. The van der Waals surface area contributed by atoms with Crippen LogP contribution in [0.1, 0.15) is 19.0 Å². The van der Waals surface area contributed by atoms with Crippen molar-refractivity contribution >= 4 is 23.4 Å². The Hall–Kier alpha value is -1.82. The number of aryl methyl sites for hydroxylation is 1. The molecule has 0 atom stereocenters. The Morgan fingerprint density at radius 3 is 2.89 bits per heavy atom. The summed E-state index contributed by atoms with van der Waals surface area (Å²) in [7, 11) is 1.88. The first-order valence-corrected chi connectivity index (χ1v) is 6.55. The number of hydrogen-bond donors (Lipinski definition) is 2. The molecule has 19 heavy (non-hydrogen) atoms. The van der Waals surface area contributed by atoms with E-state index in [1.54, 1.807) is 10.9 Å². The Balaban J connectivity index is 2.02. The van der Waals surface area contributed by atoms with E-state index in [2.05, 4.69) is 32.6 Å². The highest BCUT2D eigenvalue weighted by Gasteiger charge is 2.05. The van der Waals surface area contributed by atoms with Crippen molar-refractivity contribution in [3.05, 3.63) is 29.2 Å². The lowest BCUT2D eigenvalue weighted by Crippen LogP contribution is -2.08. The zero-order valence-electron chi connectivity index (χ0n) is 11.0. The first-order valence-electron chi connectivity index (χ1n) is 6.18. The van der Waals surface area contributed by atoms with Crippen LogP contribution in [0.25, 0.3) is 0 Å². The second kappa shape index (κ2) is 6.38. The third kappa shape index (κ3) is 3.82. The van der Waals surface area contributed by atoms with Crippen molar-refractivity contribution in [2.24, 2.45) is 7.05 Å². The molecule has 0 spiro atoms. The van der Waals surface area contributed by atoms with E-state index in [-0.39, 0.29) is 0 Å². The Morgan fingerprint density at radius 2 is 2.21 bits per heavy atom. The Bertz CT molecular complexity index is 539. The molecule has 0 aliphatic heterocycles. The molecule has 0 amide bonds. The number of nitrogens with one attached hydrogen (secondary N) is 2. The van der Waals surface area contributed by atoms with E-state index in [0.717, 1.165) is 18.7 Å². The standard InChI is InChI=1S/C12H17ClN6/c1-3-5-14-12-16-8-10(13)11(17-12)15-7-9-4-6-19(2)18-9/h4,6,8H,3,5,7H2,1-2H3,(H2,14,15,16,17). The second-order valence-electron chi connectivity index (χ2n) is 4.15. The number of anilines is 2. The topological polar surface area (TPSA) is 67.7 Å². The summed E-state index contributed by atoms with van der Waals surface area (Å²) in [6, 6.07) is 1.94. The molecule has 6 nitrogen and oxygen atoms in total. The summed E-state index contributed by atoms with van der Waals surface area (Å²) in [5.41, 5.74) is 0.931. The molecule has 2 rings (SSSR count). The predicted octanol–water partition coefficient (Wildman–Crippen LogP) is 2.30. The van der Waals surface area contributed by atoms with Crippen molar-refractivity contribution in [1.82, 2.24) is 19.7 Å². The maximum Gasteiger partial charge on any atom is 0.224 e. The maximum absolute atomic E-state index is 6.06. The summed E-state index contributed by atoms with van der Waals surface area (Å²) in [5, 5.41) is 11.1. The fourth-order valence-corrected chi connectivity index (χ4v) is 1.70. The highest BCUT2D eigenvalue weighted by atomic mass is 35.5. The van der Waals surface area contributed by atoms with Gasteiger partial charge in [-0.3, -0.25) is 4.68 Å². The van der Waals surface area contributed by atoms with Gasteiger partial charge < -0.3 is 10.6 Å². The van der Waals surface area contributed by atoms with E-state index < -0.39 is 0 Å². The van der Waals surface area contributed by atoms with E-state index in [1.165, 1.54) is 0 Å². The molecule has 2 N–H and O–H groups in total. The number of rotatable bonds is 6. The van der Waals surface area contributed by atoms with Crippen molar-refractivity contribution in [2.45, 2.75) is 19.9 Å².